The Morgan fingerprint density at radius 2 is 1.92 bits per heavy atom. The van der Waals surface area contributed by atoms with Crippen molar-refractivity contribution in [2.24, 2.45) is 5.92 Å². The average molecular weight is 174 g/mol. The smallest absolute Gasteiger partial charge is 0.103 e. The summed E-state index contributed by atoms with van der Waals surface area (Å²) < 4.78 is 13.4. The van der Waals surface area contributed by atoms with Crippen molar-refractivity contribution in [1.82, 2.24) is 0 Å². The molecule has 1 rings (SSSR count). The molecular formula is C10H19FO. The molecule has 2 heteroatoms. The molecule has 1 N–H and O–H groups in total. The summed E-state index contributed by atoms with van der Waals surface area (Å²) >= 11 is 0. The molecule has 1 unspecified atom stereocenters. The minimum Gasteiger partial charge on any atom is -0.396 e. The van der Waals surface area contributed by atoms with Crippen LogP contribution in [0.1, 0.15) is 44.9 Å². The second-order valence-electron chi connectivity index (χ2n) is 3.78. The van der Waals surface area contributed by atoms with Gasteiger partial charge in [0.2, 0.25) is 0 Å². The van der Waals surface area contributed by atoms with Gasteiger partial charge in [0.05, 0.1) is 0 Å². The van der Waals surface area contributed by atoms with Gasteiger partial charge in [0, 0.05) is 6.61 Å². The fourth-order valence-electron chi connectivity index (χ4n) is 2.02. The van der Waals surface area contributed by atoms with Crippen molar-refractivity contribution < 1.29 is 9.50 Å². The number of rotatable bonds is 4. The minimum atomic E-state index is -0.655. The second-order valence-corrected chi connectivity index (χ2v) is 3.78. The maximum Gasteiger partial charge on any atom is 0.103 e. The highest BCUT2D eigenvalue weighted by atomic mass is 19.1. The Bertz CT molecular complexity index is 110. The van der Waals surface area contributed by atoms with E-state index in [1.807, 2.05) is 0 Å². The summed E-state index contributed by atoms with van der Waals surface area (Å²) in [5.74, 6) is 0.297. The number of halogens is 1. The van der Waals surface area contributed by atoms with Gasteiger partial charge in [-0.3, -0.25) is 0 Å². The predicted octanol–water partition coefficient (Wildman–Crippen LogP) is 2.68. The Balaban J connectivity index is 2.15. The van der Waals surface area contributed by atoms with E-state index in [1.165, 1.54) is 19.3 Å². The fraction of sp³-hybridized carbons (Fsp3) is 1.00. The Kier molecular flexibility index (Phi) is 4.59. The van der Waals surface area contributed by atoms with Crippen LogP contribution < -0.4 is 0 Å². The molecule has 12 heavy (non-hydrogen) atoms. The largest absolute Gasteiger partial charge is 0.396 e. The lowest BCUT2D eigenvalue weighted by Crippen LogP contribution is -2.19. The Morgan fingerprint density at radius 3 is 2.50 bits per heavy atom. The topological polar surface area (TPSA) is 20.2 Å². The van der Waals surface area contributed by atoms with Gasteiger partial charge in [-0.05, 0) is 31.6 Å². The molecule has 0 aliphatic heterocycles. The normalized spacial score (nSPS) is 22.5. The van der Waals surface area contributed by atoms with E-state index in [2.05, 4.69) is 0 Å². The fourth-order valence-corrected chi connectivity index (χ4v) is 2.02. The van der Waals surface area contributed by atoms with Gasteiger partial charge in [-0.1, -0.05) is 19.3 Å². The summed E-state index contributed by atoms with van der Waals surface area (Å²) in [6.07, 6.45) is 6.33. The van der Waals surface area contributed by atoms with Crippen LogP contribution in [0.5, 0.6) is 0 Å². The van der Waals surface area contributed by atoms with Gasteiger partial charge in [-0.2, -0.15) is 0 Å². The molecule has 1 aliphatic rings. The standard InChI is InChI=1S/C10H19FO/c11-10(7-4-8-12)9-5-2-1-3-6-9/h9-10,12H,1-8H2. The summed E-state index contributed by atoms with van der Waals surface area (Å²) in [7, 11) is 0. The lowest BCUT2D eigenvalue weighted by atomic mass is 9.84. The van der Waals surface area contributed by atoms with Crippen molar-refractivity contribution in [3.63, 3.8) is 0 Å². The molecule has 1 saturated carbocycles. The first-order valence-corrected chi connectivity index (χ1v) is 5.09. The van der Waals surface area contributed by atoms with Crippen molar-refractivity contribution in [3.8, 4) is 0 Å². The highest BCUT2D eigenvalue weighted by molar-refractivity contribution is 4.73. The molecule has 0 aromatic rings. The van der Waals surface area contributed by atoms with E-state index in [0.29, 0.717) is 18.8 Å². The van der Waals surface area contributed by atoms with Crippen LogP contribution in [0.3, 0.4) is 0 Å². The van der Waals surface area contributed by atoms with E-state index in [0.717, 1.165) is 12.8 Å². The lowest BCUT2D eigenvalue weighted by Gasteiger charge is -2.24. The molecule has 0 saturated heterocycles. The van der Waals surface area contributed by atoms with Crippen molar-refractivity contribution in [1.29, 1.82) is 0 Å². The number of aliphatic hydroxyl groups is 1. The van der Waals surface area contributed by atoms with Crippen molar-refractivity contribution in [2.75, 3.05) is 6.61 Å². The molecule has 1 aliphatic carbocycles. The van der Waals surface area contributed by atoms with E-state index in [1.54, 1.807) is 0 Å². The summed E-state index contributed by atoms with van der Waals surface area (Å²) in [5, 5.41) is 8.55. The van der Waals surface area contributed by atoms with Gasteiger partial charge in [-0.25, -0.2) is 4.39 Å². The molecule has 0 aromatic carbocycles. The van der Waals surface area contributed by atoms with Crippen molar-refractivity contribution >= 4 is 0 Å². The number of hydrogen-bond donors (Lipinski definition) is 1. The van der Waals surface area contributed by atoms with Crippen molar-refractivity contribution in [2.45, 2.75) is 51.1 Å². The molecule has 1 fully saturated rings. The van der Waals surface area contributed by atoms with Crippen molar-refractivity contribution in [3.05, 3.63) is 0 Å². The van der Waals surface area contributed by atoms with Crippen LogP contribution in [0.2, 0.25) is 0 Å². The van der Waals surface area contributed by atoms with Crippen LogP contribution in [0.25, 0.3) is 0 Å². The van der Waals surface area contributed by atoms with Crippen LogP contribution >= 0.6 is 0 Å². The van der Waals surface area contributed by atoms with Crippen LogP contribution in [0, 0.1) is 5.92 Å². The molecule has 0 heterocycles. The molecule has 0 aromatic heterocycles. The average Bonchev–Trinajstić information content (AvgIpc) is 2.15. The summed E-state index contributed by atoms with van der Waals surface area (Å²) in [4.78, 5) is 0. The first kappa shape index (κ1) is 9.97. The van der Waals surface area contributed by atoms with Crippen LogP contribution in [-0.4, -0.2) is 17.9 Å². The lowest BCUT2D eigenvalue weighted by molar-refractivity contribution is 0.156. The SMILES string of the molecule is OCCCC(F)C1CCCCC1. The Hall–Kier alpha value is -0.110. The molecule has 1 atom stereocenters. The zero-order valence-corrected chi connectivity index (χ0v) is 7.64. The minimum absolute atomic E-state index is 0.132. The Morgan fingerprint density at radius 1 is 1.25 bits per heavy atom. The molecule has 0 radical (unpaired) electrons. The molecule has 72 valence electrons. The summed E-state index contributed by atoms with van der Waals surface area (Å²) in [6, 6.07) is 0. The summed E-state index contributed by atoms with van der Waals surface area (Å²) in [5.41, 5.74) is 0. The third kappa shape index (κ3) is 3.10. The summed E-state index contributed by atoms with van der Waals surface area (Å²) in [6.45, 7) is 0.132. The monoisotopic (exact) mass is 174 g/mol. The highest BCUT2D eigenvalue weighted by Crippen LogP contribution is 2.29. The Labute approximate surface area is 74.0 Å². The third-order valence-electron chi connectivity index (χ3n) is 2.80. The first-order chi connectivity index (χ1) is 5.84. The van der Waals surface area contributed by atoms with Crippen LogP contribution in [-0.2, 0) is 0 Å². The molecular weight excluding hydrogens is 155 g/mol. The van der Waals surface area contributed by atoms with Gasteiger partial charge >= 0.3 is 0 Å². The first-order valence-electron chi connectivity index (χ1n) is 5.09. The van der Waals surface area contributed by atoms with E-state index in [-0.39, 0.29) is 6.61 Å². The van der Waals surface area contributed by atoms with E-state index in [9.17, 15) is 4.39 Å². The van der Waals surface area contributed by atoms with Gasteiger partial charge in [-0.15, -0.1) is 0 Å². The second kappa shape index (κ2) is 5.52. The maximum absolute atomic E-state index is 13.4. The van der Waals surface area contributed by atoms with E-state index >= 15 is 0 Å². The number of aliphatic hydroxyl groups excluding tert-OH is 1. The highest BCUT2D eigenvalue weighted by Gasteiger charge is 2.22. The quantitative estimate of drug-likeness (QED) is 0.694. The predicted molar refractivity (Wildman–Crippen MR) is 47.8 cm³/mol. The van der Waals surface area contributed by atoms with E-state index < -0.39 is 6.17 Å². The van der Waals surface area contributed by atoms with Gasteiger partial charge in [0.1, 0.15) is 6.17 Å². The van der Waals surface area contributed by atoms with Gasteiger partial charge < -0.3 is 5.11 Å². The number of alkyl halides is 1. The van der Waals surface area contributed by atoms with Gasteiger partial charge in [0.25, 0.3) is 0 Å². The molecule has 0 spiro atoms. The van der Waals surface area contributed by atoms with Crippen LogP contribution in [0.15, 0.2) is 0 Å². The van der Waals surface area contributed by atoms with Gasteiger partial charge in [0.15, 0.2) is 0 Å². The zero-order valence-electron chi connectivity index (χ0n) is 7.64. The third-order valence-corrected chi connectivity index (χ3v) is 2.80. The van der Waals surface area contributed by atoms with E-state index in [4.69, 9.17) is 5.11 Å². The zero-order chi connectivity index (χ0) is 8.81. The van der Waals surface area contributed by atoms with Crippen LogP contribution in [0.4, 0.5) is 4.39 Å². The maximum atomic E-state index is 13.4. The number of hydrogen-bond acceptors (Lipinski definition) is 1. The molecule has 0 bridgehead atoms. The molecule has 1 nitrogen and oxygen atoms in total. The molecule has 0 amide bonds.